The minimum Gasteiger partial charge on any atom is -0.342 e. The van der Waals surface area contributed by atoms with Gasteiger partial charge in [-0.3, -0.25) is 9.59 Å². The van der Waals surface area contributed by atoms with Gasteiger partial charge in [-0.25, -0.2) is 0 Å². The predicted molar refractivity (Wildman–Crippen MR) is 76.7 cm³/mol. The SMILES string of the molecule is O=C(CNC(=O)c1cccs1)Nc1ccccc1C(F)(F)F. The summed E-state index contributed by atoms with van der Waals surface area (Å²) in [6, 6.07) is 7.91. The number of thiophene rings is 1. The maximum absolute atomic E-state index is 12.8. The van der Waals surface area contributed by atoms with Crippen molar-refractivity contribution in [3.63, 3.8) is 0 Å². The highest BCUT2D eigenvalue weighted by atomic mass is 32.1. The predicted octanol–water partition coefficient (Wildman–Crippen LogP) is 3.14. The van der Waals surface area contributed by atoms with Gasteiger partial charge < -0.3 is 10.6 Å². The Morgan fingerprint density at radius 1 is 1.09 bits per heavy atom. The molecule has 22 heavy (non-hydrogen) atoms. The third-order valence-electron chi connectivity index (χ3n) is 2.66. The van der Waals surface area contributed by atoms with Gasteiger partial charge in [-0.1, -0.05) is 18.2 Å². The standard InChI is InChI=1S/C14H11F3N2O2S/c15-14(16,17)9-4-1-2-5-10(9)19-12(20)8-18-13(21)11-6-3-7-22-11/h1-7H,8H2,(H,18,21)(H,19,20). The van der Waals surface area contributed by atoms with Crippen LogP contribution in [0, 0.1) is 0 Å². The van der Waals surface area contributed by atoms with E-state index in [9.17, 15) is 22.8 Å². The van der Waals surface area contributed by atoms with Crippen molar-refractivity contribution in [3.05, 3.63) is 52.2 Å². The van der Waals surface area contributed by atoms with Crippen LogP contribution in [0.4, 0.5) is 18.9 Å². The Balaban J connectivity index is 1.97. The molecule has 0 aliphatic carbocycles. The number of para-hydroxylation sites is 1. The van der Waals surface area contributed by atoms with Crippen molar-refractivity contribution >= 4 is 28.8 Å². The molecular formula is C14H11F3N2O2S. The van der Waals surface area contributed by atoms with Crippen molar-refractivity contribution in [2.24, 2.45) is 0 Å². The molecule has 0 aliphatic heterocycles. The van der Waals surface area contributed by atoms with E-state index in [1.807, 2.05) is 0 Å². The monoisotopic (exact) mass is 328 g/mol. The average molecular weight is 328 g/mol. The summed E-state index contributed by atoms with van der Waals surface area (Å²) >= 11 is 1.20. The van der Waals surface area contributed by atoms with Gasteiger partial charge in [0.05, 0.1) is 22.7 Å². The van der Waals surface area contributed by atoms with Crippen molar-refractivity contribution in [1.29, 1.82) is 0 Å². The second-order valence-electron chi connectivity index (χ2n) is 4.25. The summed E-state index contributed by atoms with van der Waals surface area (Å²) in [6.45, 7) is -0.414. The second kappa shape index (κ2) is 6.61. The number of nitrogens with one attached hydrogen (secondary N) is 2. The topological polar surface area (TPSA) is 58.2 Å². The summed E-state index contributed by atoms with van der Waals surface area (Å²) in [4.78, 5) is 23.7. The number of rotatable bonds is 4. The van der Waals surface area contributed by atoms with E-state index in [-0.39, 0.29) is 5.69 Å². The third-order valence-corrected chi connectivity index (χ3v) is 3.53. The van der Waals surface area contributed by atoms with Gasteiger partial charge in [0.15, 0.2) is 0 Å². The lowest BCUT2D eigenvalue weighted by Crippen LogP contribution is -2.32. The Morgan fingerprint density at radius 3 is 2.45 bits per heavy atom. The summed E-state index contributed by atoms with van der Waals surface area (Å²) in [5.41, 5.74) is -1.28. The average Bonchev–Trinajstić information content (AvgIpc) is 2.98. The fourth-order valence-corrected chi connectivity index (χ4v) is 2.33. The molecule has 0 radical (unpaired) electrons. The smallest absolute Gasteiger partial charge is 0.342 e. The fourth-order valence-electron chi connectivity index (χ4n) is 1.69. The van der Waals surface area contributed by atoms with Gasteiger partial charge >= 0.3 is 6.18 Å². The largest absolute Gasteiger partial charge is 0.418 e. The van der Waals surface area contributed by atoms with Crippen LogP contribution < -0.4 is 10.6 Å². The van der Waals surface area contributed by atoms with Gasteiger partial charge in [-0.2, -0.15) is 13.2 Å². The molecule has 0 saturated heterocycles. The van der Waals surface area contributed by atoms with Crippen LogP contribution in [-0.4, -0.2) is 18.4 Å². The summed E-state index contributed by atoms with van der Waals surface area (Å²) in [7, 11) is 0. The molecule has 2 aromatic rings. The van der Waals surface area contributed by atoms with Crippen LogP contribution in [0.1, 0.15) is 15.2 Å². The Kier molecular flexibility index (Phi) is 4.81. The highest BCUT2D eigenvalue weighted by Gasteiger charge is 2.33. The van der Waals surface area contributed by atoms with E-state index >= 15 is 0 Å². The zero-order valence-electron chi connectivity index (χ0n) is 11.1. The third kappa shape index (κ3) is 4.08. The molecule has 0 fully saturated rings. The number of amides is 2. The van der Waals surface area contributed by atoms with Crippen molar-refractivity contribution in [1.82, 2.24) is 5.32 Å². The van der Waals surface area contributed by atoms with Crippen LogP contribution >= 0.6 is 11.3 Å². The van der Waals surface area contributed by atoms with Crippen molar-refractivity contribution in [2.45, 2.75) is 6.18 Å². The number of alkyl halides is 3. The Bertz CT molecular complexity index is 669. The molecule has 0 atom stereocenters. The minimum atomic E-state index is -4.57. The van der Waals surface area contributed by atoms with Gasteiger partial charge in [0, 0.05) is 0 Å². The van der Waals surface area contributed by atoms with Crippen molar-refractivity contribution in [2.75, 3.05) is 11.9 Å². The molecule has 2 amide bonds. The van der Waals surface area contributed by atoms with E-state index in [1.54, 1.807) is 17.5 Å². The normalized spacial score (nSPS) is 11.0. The highest BCUT2D eigenvalue weighted by molar-refractivity contribution is 7.12. The van der Waals surface area contributed by atoms with Crippen LogP contribution in [0.15, 0.2) is 41.8 Å². The minimum absolute atomic E-state index is 0.342. The summed E-state index contributed by atoms with van der Waals surface area (Å²) < 4.78 is 38.3. The number of halogens is 3. The number of hydrogen-bond donors (Lipinski definition) is 2. The molecule has 8 heteroatoms. The first-order chi connectivity index (χ1) is 10.4. The zero-order chi connectivity index (χ0) is 16.2. The molecule has 116 valence electrons. The number of anilines is 1. The van der Waals surface area contributed by atoms with Crippen LogP contribution in [0.2, 0.25) is 0 Å². The first-order valence-electron chi connectivity index (χ1n) is 6.15. The number of benzene rings is 1. The quantitative estimate of drug-likeness (QED) is 0.906. The molecule has 2 N–H and O–H groups in total. The molecule has 0 aliphatic rings. The number of carbonyl (C=O) groups excluding carboxylic acids is 2. The molecule has 2 rings (SSSR count). The van der Waals surface area contributed by atoms with Crippen molar-refractivity contribution < 1.29 is 22.8 Å². The maximum Gasteiger partial charge on any atom is 0.418 e. The van der Waals surface area contributed by atoms with E-state index in [2.05, 4.69) is 10.6 Å². The summed E-state index contributed by atoms with van der Waals surface area (Å²) in [6.07, 6.45) is -4.57. The van der Waals surface area contributed by atoms with Gasteiger partial charge in [0.1, 0.15) is 0 Å². The van der Waals surface area contributed by atoms with Gasteiger partial charge in [-0.15, -0.1) is 11.3 Å². The van der Waals surface area contributed by atoms with Crippen molar-refractivity contribution in [3.8, 4) is 0 Å². The molecule has 0 saturated carbocycles. The summed E-state index contributed by atoms with van der Waals surface area (Å²) in [5, 5.41) is 6.19. The van der Waals surface area contributed by atoms with Gasteiger partial charge in [-0.05, 0) is 23.6 Å². The van der Waals surface area contributed by atoms with E-state index in [0.29, 0.717) is 4.88 Å². The van der Waals surface area contributed by atoms with E-state index in [1.165, 1.54) is 23.5 Å². The van der Waals surface area contributed by atoms with Gasteiger partial charge in [0.25, 0.3) is 5.91 Å². The first kappa shape index (κ1) is 16.0. The second-order valence-corrected chi connectivity index (χ2v) is 5.20. The fraction of sp³-hybridized carbons (Fsp3) is 0.143. The highest BCUT2D eigenvalue weighted by Crippen LogP contribution is 2.34. The van der Waals surface area contributed by atoms with E-state index < -0.39 is 30.1 Å². The molecule has 0 spiro atoms. The molecule has 1 aromatic heterocycles. The van der Waals surface area contributed by atoms with E-state index in [0.717, 1.165) is 12.1 Å². The maximum atomic E-state index is 12.8. The lowest BCUT2D eigenvalue weighted by atomic mass is 10.1. The van der Waals surface area contributed by atoms with Crippen LogP contribution in [-0.2, 0) is 11.0 Å². The van der Waals surface area contributed by atoms with Gasteiger partial charge in [0.2, 0.25) is 5.91 Å². The van der Waals surface area contributed by atoms with Crippen LogP contribution in [0.25, 0.3) is 0 Å². The van der Waals surface area contributed by atoms with Crippen LogP contribution in [0.3, 0.4) is 0 Å². The lowest BCUT2D eigenvalue weighted by molar-refractivity contribution is -0.137. The Labute approximate surface area is 128 Å². The van der Waals surface area contributed by atoms with Crippen LogP contribution in [0.5, 0.6) is 0 Å². The molecule has 0 unspecified atom stereocenters. The lowest BCUT2D eigenvalue weighted by Gasteiger charge is -2.13. The molecule has 4 nitrogen and oxygen atoms in total. The Hall–Kier alpha value is -2.35. The molecule has 1 heterocycles. The summed E-state index contributed by atoms with van der Waals surface area (Å²) in [5.74, 6) is -1.18. The first-order valence-corrected chi connectivity index (χ1v) is 7.03. The molecule has 0 bridgehead atoms. The zero-order valence-corrected chi connectivity index (χ0v) is 11.9. The van der Waals surface area contributed by atoms with E-state index in [4.69, 9.17) is 0 Å². The molecule has 1 aromatic carbocycles. The molecular weight excluding hydrogens is 317 g/mol. The number of hydrogen-bond acceptors (Lipinski definition) is 3. The Morgan fingerprint density at radius 2 is 1.82 bits per heavy atom. The number of carbonyl (C=O) groups is 2.